The highest BCUT2D eigenvalue weighted by molar-refractivity contribution is 6.44. The zero-order valence-electron chi connectivity index (χ0n) is 12.0. The van der Waals surface area contributed by atoms with Gasteiger partial charge in [0.2, 0.25) is 5.90 Å². The van der Waals surface area contributed by atoms with Crippen molar-refractivity contribution in [2.24, 2.45) is 4.99 Å². The number of benzene rings is 2. The fraction of sp³-hybridized carbons (Fsp3) is 0.0588. The van der Waals surface area contributed by atoms with Crippen LogP contribution in [0.3, 0.4) is 0 Å². The van der Waals surface area contributed by atoms with Crippen molar-refractivity contribution < 1.29 is 14.3 Å². The van der Waals surface area contributed by atoms with Gasteiger partial charge in [-0.05, 0) is 35.9 Å². The normalized spacial score (nSPS) is 15.5. The monoisotopic (exact) mass is 347 g/mol. The number of methoxy groups -OCH3 is 1. The van der Waals surface area contributed by atoms with Crippen molar-refractivity contribution >= 4 is 41.1 Å². The lowest BCUT2D eigenvalue weighted by Crippen LogP contribution is -2.06. The van der Waals surface area contributed by atoms with Crippen LogP contribution in [0.2, 0.25) is 10.0 Å². The largest absolute Gasteiger partial charge is 0.497 e. The van der Waals surface area contributed by atoms with Crippen molar-refractivity contribution in [2.45, 2.75) is 0 Å². The van der Waals surface area contributed by atoms with Gasteiger partial charge in [-0.15, -0.1) is 0 Å². The predicted octanol–water partition coefficient (Wildman–Crippen LogP) is 4.35. The van der Waals surface area contributed by atoms with Gasteiger partial charge in [-0.25, -0.2) is 9.79 Å². The molecule has 0 radical (unpaired) electrons. The molecule has 1 heterocycles. The number of rotatable bonds is 3. The third-order valence-electron chi connectivity index (χ3n) is 3.22. The van der Waals surface area contributed by atoms with E-state index in [9.17, 15) is 4.79 Å². The van der Waals surface area contributed by atoms with Crippen LogP contribution in [0, 0.1) is 0 Å². The van der Waals surface area contributed by atoms with E-state index in [0.29, 0.717) is 15.6 Å². The molecule has 1 aliphatic rings. The van der Waals surface area contributed by atoms with Gasteiger partial charge in [0.15, 0.2) is 5.70 Å². The van der Waals surface area contributed by atoms with Crippen LogP contribution >= 0.6 is 23.2 Å². The Morgan fingerprint density at radius 3 is 2.57 bits per heavy atom. The molecule has 0 saturated heterocycles. The SMILES string of the molecule is COc1ccc(/C=C2/N=C(c3cccc(Cl)c3Cl)OC2=O)cc1. The van der Waals surface area contributed by atoms with Crippen molar-refractivity contribution in [1.29, 1.82) is 0 Å². The van der Waals surface area contributed by atoms with E-state index in [-0.39, 0.29) is 11.6 Å². The van der Waals surface area contributed by atoms with Crippen molar-refractivity contribution in [1.82, 2.24) is 0 Å². The molecular weight excluding hydrogens is 337 g/mol. The standard InChI is InChI=1S/C17H11Cl2NO3/c1-22-11-7-5-10(6-8-11)9-14-17(21)23-16(20-14)12-3-2-4-13(18)15(12)19/h2-9H,1H3/b14-9+. The van der Waals surface area contributed by atoms with E-state index in [1.165, 1.54) is 0 Å². The van der Waals surface area contributed by atoms with E-state index >= 15 is 0 Å². The minimum absolute atomic E-state index is 0.141. The molecule has 0 amide bonds. The number of hydrogen-bond donors (Lipinski definition) is 0. The van der Waals surface area contributed by atoms with E-state index in [1.54, 1.807) is 43.5 Å². The van der Waals surface area contributed by atoms with Gasteiger partial charge in [-0.2, -0.15) is 0 Å². The fourth-order valence-corrected chi connectivity index (χ4v) is 2.43. The highest BCUT2D eigenvalue weighted by atomic mass is 35.5. The summed E-state index contributed by atoms with van der Waals surface area (Å²) in [5.74, 6) is 0.338. The number of nitrogens with zero attached hydrogens (tertiary/aromatic N) is 1. The van der Waals surface area contributed by atoms with Crippen LogP contribution in [0.4, 0.5) is 0 Å². The zero-order valence-corrected chi connectivity index (χ0v) is 13.6. The van der Waals surface area contributed by atoms with Gasteiger partial charge in [0.05, 0.1) is 22.7 Å². The van der Waals surface area contributed by atoms with Gasteiger partial charge < -0.3 is 9.47 Å². The number of hydrogen-bond acceptors (Lipinski definition) is 4. The molecule has 0 fully saturated rings. The number of esters is 1. The molecule has 0 atom stereocenters. The summed E-state index contributed by atoms with van der Waals surface area (Å²) in [6.07, 6.45) is 1.63. The van der Waals surface area contributed by atoms with Gasteiger partial charge in [-0.3, -0.25) is 0 Å². The summed E-state index contributed by atoms with van der Waals surface area (Å²) in [6.45, 7) is 0. The van der Waals surface area contributed by atoms with Gasteiger partial charge in [0.25, 0.3) is 0 Å². The quantitative estimate of drug-likeness (QED) is 0.612. The van der Waals surface area contributed by atoms with E-state index in [0.717, 1.165) is 11.3 Å². The first kappa shape index (κ1) is 15.6. The van der Waals surface area contributed by atoms with Crippen LogP contribution in [-0.2, 0) is 9.53 Å². The van der Waals surface area contributed by atoms with Gasteiger partial charge in [0, 0.05) is 0 Å². The molecular formula is C17H11Cl2NO3. The molecule has 0 aliphatic carbocycles. The second-order valence-corrected chi connectivity index (χ2v) is 5.50. The van der Waals surface area contributed by atoms with Crippen LogP contribution in [-0.4, -0.2) is 19.0 Å². The number of carbonyl (C=O) groups is 1. The Kier molecular flexibility index (Phi) is 4.37. The maximum absolute atomic E-state index is 12.0. The Balaban J connectivity index is 1.94. The topological polar surface area (TPSA) is 47.9 Å². The molecule has 0 unspecified atom stereocenters. The number of carbonyl (C=O) groups excluding carboxylic acids is 1. The lowest BCUT2D eigenvalue weighted by Gasteiger charge is -2.03. The van der Waals surface area contributed by atoms with Crippen LogP contribution in [0.15, 0.2) is 53.2 Å². The van der Waals surface area contributed by atoms with Gasteiger partial charge >= 0.3 is 5.97 Å². The minimum Gasteiger partial charge on any atom is -0.497 e. The first-order valence-corrected chi connectivity index (χ1v) is 7.45. The summed E-state index contributed by atoms with van der Waals surface area (Å²) in [5, 5.41) is 0.668. The smallest absolute Gasteiger partial charge is 0.363 e. The fourth-order valence-electron chi connectivity index (χ4n) is 2.05. The maximum atomic E-state index is 12.0. The van der Waals surface area contributed by atoms with Crippen LogP contribution < -0.4 is 4.74 Å². The lowest BCUT2D eigenvalue weighted by molar-refractivity contribution is -0.129. The Bertz CT molecular complexity index is 826. The summed E-state index contributed by atoms with van der Waals surface area (Å²) in [6, 6.07) is 12.3. The summed E-state index contributed by atoms with van der Waals surface area (Å²) < 4.78 is 10.3. The van der Waals surface area contributed by atoms with Crippen molar-refractivity contribution in [3.05, 3.63) is 69.3 Å². The molecule has 0 N–H and O–H groups in total. The summed E-state index contributed by atoms with van der Waals surface area (Å²) in [4.78, 5) is 16.2. The highest BCUT2D eigenvalue weighted by Crippen LogP contribution is 2.29. The minimum atomic E-state index is -0.535. The lowest BCUT2D eigenvalue weighted by atomic mass is 10.2. The first-order valence-electron chi connectivity index (χ1n) is 6.69. The average molecular weight is 348 g/mol. The Labute approximate surface area is 143 Å². The molecule has 0 saturated carbocycles. The molecule has 3 rings (SSSR count). The first-order chi connectivity index (χ1) is 11.1. The molecule has 1 aliphatic heterocycles. The van der Waals surface area contributed by atoms with Crippen molar-refractivity contribution in [2.75, 3.05) is 7.11 Å². The summed E-state index contributed by atoms with van der Waals surface area (Å²) in [5.41, 5.74) is 1.48. The molecule has 6 heteroatoms. The third-order valence-corrected chi connectivity index (χ3v) is 4.04. The molecule has 23 heavy (non-hydrogen) atoms. The van der Waals surface area contributed by atoms with Gasteiger partial charge in [0.1, 0.15) is 5.75 Å². The van der Waals surface area contributed by atoms with Crippen molar-refractivity contribution in [3.8, 4) is 5.75 Å². The predicted molar refractivity (Wildman–Crippen MR) is 90.1 cm³/mol. The van der Waals surface area contributed by atoms with Crippen LogP contribution in [0.5, 0.6) is 5.75 Å². The van der Waals surface area contributed by atoms with E-state index in [4.69, 9.17) is 32.7 Å². The number of ether oxygens (including phenoxy) is 2. The second kappa shape index (κ2) is 6.44. The molecule has 0 aromatic heterocycles. The van der Waals surface area contributed by atoms with Crippen molar-refractivity contribution in [3.63, 3.8) is 0 Å². The Hall–Kier alpha value is -2.30. The van der Waals surface area contributed by atoms with Crippen LogP contribution in [0.25, 0.3) is 6.08 Å². The highest BCUT2D eigenvalue weighted by Gasteiger charge is 2.26. The average Bonchev–Trinajstić information content (AvgIpc) is 2.91. The molecule has 2 aromatic rings. The number of cyclic esters (lactones) is 1. The van der Waals surface area contributed by atoms with E-state index < -0.39 is 5.97 Å². The Morgan fingerprint density at radius 2 is 1.87 bits per heavy atom. The summed E-state index contributed by atoms with van der Waals surface area (Å²) >= 11 is 12.1. The molecule has 4 nitrogen and oxygen atoms in total. The number of aliphatic imine (C=N–C) groups is 1. The summed E-state index contributed by atoms with van der Waals surface area (Å²) in [7, 11) is 1.59. The molecule has 0 spiro atoms. The molecule has 116 valence electrons. The van der Waals surface area contributed by atoms with E-state index in [1.807, 2.05) is 12.1 Å². The van der Waals surface area contributed by atoms with Crippen LogP contribution in [0.1, 0.15) is 11.1 Å². The Morgan fingerprint density at radius 1 is 1.13 bits per heavy atom. The molecule has 2 aromatic carbocycles. The zero-order chi connectivity index (χ0) is 16.4. The number of halogens is 2. The second-order valence-electron chi connectivity index (χ2n) is 4.71. The van der Waals surface area contributed by atoms with Gasteiger partial charge in [-0.1, -0.05) is 41.4 Å². The molecule has 0 bridgehead atoms. The third kappa shape index (κ3) is 3.23. The maximum Gasteiger partial charge on any atom is 0.363 e. The van der Waals surface area contributed by atoms with E-state index in [2.05, 4.69) is 4.99 Å².